The van der Waals surface area contributed by atoms with Crippen LogP contribution in [0.3, 0.4) is 0 Å². The lowest BCUT2D eigenvalue weighted by molar-refractivity contribution is 0.602. The van der Waals surface area contributed by atoms with Gasteiger partial charge in [-0.15, -0.1) is 0 Å². The maximum atomic E-state index is 5.86. The van der Waals surface area contributed by atoms with E-state index in [4.69, 9.17) is 11.6 Å². The topological polar surface area (TPSA) is 40.7 Å². The van der Waals surface area contributed by atoms with Gasteiger partial charge in [0.15, 0.2) is 0 Å². The predicted octanol–water partition coefficient (Wildman–Crippen LogP) is 3.35. The number of nitrogens with one attached hydrogen (secondary N) is 2. The van der Waals surface area contributed by atoms with Crippen molar-refractivity contribution in [3.05, 3.63) is 53.1 Å². The molecule has 0 aliphatic heterocycles. The summed E-state index contributed by atoms with van der Waals surface area (Å²) in [6.07, 6.45) is 6.25. The Morgan fingerprint density at radius 1 is 1.32 bits per heavy atom. The van der Waals surface area contributed by atoms with Gasteiger partial charge in [0, 0.05) is 29.4 Å². The first-order chi connectivity index (χ1) is 9.33. The highest BCUT2D eigenvalue weighted by atomic mass is 35.5. The number of nitrogens with zero attached hydrogens (tertiary/aromatic N) is 1. The van der Waals surface area contributed by atoms with Crippen LogP contribution in [0.4, 0.5) is 0 Å². The number of hydrogen-bond acceptors (Lipinski definition) is 2. The zero-order valence-electron chi connectivity index (χ0n) is 10.8. The molecule has 1 fully saturated rings. The summed E-state index contributed by atoms with van der Waals surface area (Å²) in [5, 5.41) is 4.28. The summed E-state index contributed by atoms with van der Waals surface area (Å²) >= 11 is 5.86. The molecule has 19 heavy (non-hydrogen) atoms. The minimum absolute atomic E-state index is 0.708. The molecule has 100 valence electrons. The van der Waals surface area contributed by atoms with Crippen LogP contribution in [0.2, 0.25) is 5.02 Å². The van der Waals surface area contributed by atoms with Crippen molar-refractivity contribution in [1.82, 2.24) is 15.3 Å². The van der Waals surface area contributed by atoms with Crippen LogP contribution in [-0.2, 0) is 6.54 Å². The third kappa shape index (κ3) is 3.37. The summed E-state index contributed by atoms with van der Waals surface area (Å²) < 4.78 is 0. The molecule has 4 heteroatoms. The summed E-state index contributed by atoms with van der Waals surface area (Å²) in [6, 6.07) is 8.02. The number of imidazole rings is 1. The lowest BCUT2D eigenvalue weighted by Crippen LogP contribution is -2.15. The maximum Gasteiger partial charge on any atom is 0.0921 e. The van der Waals surface area contributed by atoms with Crippen molar-refractivity contribution in [1.29, 1.82) is 0 Å². The summed E-state index contributed by atoms with van der Waals surface area (Å²) in [7, 11) is 0. The molecular weight excluding hydrogens is 258 g/mol. The molecule has 0 radical (unpaired) electrons. The van der Waals surface area contributed by atoms with Crippen LogP contribution >= 0.6 is 11.6 Å². The van der Waals surface area contributed by atoms with Gasteiger partial charge in [-0.25, -0.2) is 4.98 Å². The first-order valence-electron chi connectivity index (χ1n) is 6.76. The molecule has 0 spiro atoms. The number of aromatic amines is 1. The molecule has 1 aromatic heterocycles. The van der Waals surface area contributed by atoms with Gasteiger partial charge in [-0.05, 0) is 43.0 Å². The average Bonchev–Trinajstić information content (AvgIpc) is 2.98. The fraction of sp³-hybridized carbons (Fsp3) is 0.400. The standard InChI is InChI=1S/C15H18ClN3/c16-13-3-1-11(2-4-13)8-17-6-5-12-7-14(12)15-9-18-10-19-15/h1-4,9-10,12,14,17H,5-8H2,(H,18,19)/t12-,14-/m1/s1. The van der Waals surface area contributed by atoms with Gasteiger partial charge >= 0.3 is 0 Å². The smallest absolute Gasteiger partial charge is 0.0921 e. The fourth-order valence-corrected chi connectivity index (χ4v) is 2.67. The Kier molecular flexibility index (Phi) is 3.85. The van der Waals surface area contributed by atoms with Gasteiger partial charge in [0.2, 0.25) is 0 Å². The van der Waals surface area contributed by atoms with E-state index in [9.17, 15) is 0 Å². The zero-order chi connectivity index (χ0) is 13.1. The third-order valence-corrected chi connectivity index (χ3v) is 4.03. The molecule has 3 rings (SSSR count). The highest BCUT2D eigenvalue weighted by molar-refractivity contribution is 6.30. The zero-order valence-corrected chi connectivity index (χ0v) is 11.5. The van der Waals surface area contributed by atoms with Crippen LogP contribution < -0.4 is 5.32 Å². The fourth-order valence-electron chi connectivity index (χ4n) is 2.54. The van der Waals surface area contributed by atoms with Crippen LogP contribution in [-0.4, -0.2) is 16.5 Å². The molecule has 1 aromatic carbocycles. The van der Waals surface area contributed by atoms with E-state index in [1.165, 1.54) is 24.1 Å². The van der Waals surface area contributed by atoms with Crippen molar-refractivity contribution in [3.8, 4) is 0 Å². The molecule has 2 aromatic rings. The molecule has 3 nitrogen and oxygen atoms in total. The molecule has 0 bridgehead atoms. The van der Waals surface area contributed by atoms with Gasteiger partial charge in [-0.3, -0.25) is 0 Å². The van der Waals surface area contributed by atoms with Gasteiger partial charge in [-0.1, -0.05) is 23.7 Å². The monoisotopic (exact) mass is 275 g/mol. The number of benzene rings is 1. The van der Waals surface area contributed by atoms with E-state index in [0.29, 0.717) is 5.92 Å². The van der Waals surface area contributed by atoms with E-state index < -0.39 is 0 Å². The van der Waals surface area contributed by atoms with Crippen LogP contribution in [0.25, 0.3) is 0 Å². The van der Waals surface area contributed by atoms with Crippen molar-refractivity contribution in [2.75, 3.05) is 6.54 Å². The first-order valence-corrected chi connectivity index (χ1v) is 7.14. The highest BCUT2D eigenvalue weighted by Gasteiger charge is 2.38. The normalized spacial score (nSPS) is 21.5. The molecule has 0 unspecified atom stereocenters. The molecule has 1 aliphatic rings. The second-order valence-corrected chi connectivity index (χ2v) is 5.64. The molecular formula is C15H18ClN3. The summed E-state index contributed by atoms with van der Waals surface area (Å²) in [5.41, 5.74) is 2.58. The molecule has 2 atom stereocenters. The minimum atomic E-state index is 0.708. The second-order valence-electron chi connectivity index (χ2n) is 5.20. The van der Waals surface area contributed by atoms with Gasteiger partial charge in [-0.2, -0.15) is 0 Å². The number of hydrogen-bond donors (Lipinski definition) is 2. The van der Waals surface area contributed by atoms with Crippen LogP contribution in [0.1, 0.15) is 30.0 Å². The number of rotatable bonds is 6. The van der Waals surface area contributed by atoms with Crippen molar-refractivity contribution in [2.24, 2.45) is 5.92 Å². The second kappa shape index (κ2) is 5.76. The molecule has 1 heterocycles. The van der Waals surface area contributed by atoms with E-state index in [2.05, 4.69) is 27.4 Å². The van der Waals surface area contributed by atoms with E-state index in [0.717, 1.165) is 24.0 Å². The van der Waals surface area contributed by atoms with Gasteiger partial charge in [0.25, 0.3) is 0 Å². The van der Waals surface area contributed by atoms with Gasteiger partial charge in [0.1, 0.15) is 0 Å². The number of aromatic nitrogens is 2. The summed E-state index contributed by atoms with van der Waals surface area (Å²) in [6.45, 7) is 1.98. The summed E-state index contributed by atoms with van der Waals surface area (Å²) in [4.78, 5) is 7.29. The Labute approximate surface area is 118 Å². The lowest BCUT2D eigenvalue weighted by Gasteiger charge is -2.04. The number of H-pyrrole nitrogens is 1. The maximum absolute atomic E-state index is 5.86. The van der Waals surface area contributed by atoms with E-state index >= 15 is 0 Å². The predicted molar refractivity (Wildman–Crippen MR) is 77.2 cm³/mol. The Bertz CT molecular complexity index is 507. The Morgan fingerprint density at radius 2 is 2.16 bits per heavy atom. The van der Waals surface area contributed by atoms with Gasteiger partial charge in [0.05, 0.1) is 6.33 Å². The Balaban J connectivity index is 1.35. The third-order valence-electron chi connectivity index (χ3n) is 3.78. The van der Waals surface area contributed by atoms with Crippen LogP contribution in [0, 0.1) is 5.92 Å². The Morgan fingerprint density at radius 3 is 2.89 bits per heavy atom. The average molecular weight is 276 g/mol. The van der Waals surface area contributed by atoms with E-state index in [-0.39, 0.29) is 0 Å². The first kappa shape index (κ1) is 12.7. The van der Waals surface area contributed by atoms with Crippen LogP contribution in [0.15, 0.2) is 36.8 Å². The molecule has 0 saturated heterocycles. The minimum Gasteiger partial charge on any atom is -0.348 e. The molecule has 0 amide bonds. The van der Waals surface area contributed by atoms with Crippen molar-refractivity contribution in [3.63, 3.8) is 0 Å². The largest absolute Gasteiger partial charge is 0.348 e. The van der Waals surface area contributed by atoms with Crippen LogP contribution in [0.5, 0.6) is 0 Å². The van der Waals surface area contributed by atoms with Crippen molar-refractivity contribution in [2.45, 2.75) is 25.3 Å². The lowest BCUT2D eigenvalue weighted by atomic mass is 10.2. The molecule has 2 N–H and O–H groups in total. The molecule has 1 aliphatic carbocycles. The van der Waals surface area contributed by atoms with Gasteiger partial charge < -0.3 is 10.3 Å². The molecule has 1 saturated carbocycles. The highest BCUT2D eigenvalue weighted by Crippen LogP contribution is 2.48. The summed E-state index contributed by atoms with van der Waals surface area (Å²) in [5.74, 6) is 1.53. The van der Waals surface area contributed by atoms with Crippen molar-refractivity contribution < 1.29 is 0 Å². The Hall–Kier alpha value is -1.32. The number of halogens is 1. The van der Waals surface area contributed by atoms with E-state index in [1.807, 2.05) is 18.3 Å². The van der Waals surface area contributed by atoms with E-state index in [1.54, 1.807) is 6.33 Å². The SMILES string of the molecule is Clc1ccc(CNCC[C@@H]2C[C@H]2c2cnc[nH]2)cc1. The quantitative estimate of drug-likeness (QED) is 0.794. The van der Waals surface area contributed by atoms with Crippen molar-refractivity contribution >= 4 is 11.6 Å².